The number of nitrogens with zero attached hydrogens (tertiary/aromatic N) is 1. The average molecular weight is 365 g/mol. The second-order valence-corrected chi connectivity index (χ2v) is 6.99. The maximum absolute atomic E-state index is 11.8. The van der Waals surface area contributed by atoms with Crippen molar-refractivity contribution in [2.24, 2.45) is 5.14 Å². The second-order valence-electron chi connectivity index (χ2n) is 5.46. The summed E-state index contributed by atoms with van der Waals surface area (Å²) in [7, 11) is -4.14. The molecule has 10 heteroatoms. The lowest BCUT2D eigenvalue weighted by molar-refractivity contribution is -0.385. The van der Waals surface area contributed by atoms with Gasteiger partial charge in [-0.2, -0.15) is 0 Å². The summed E-state index contributed by atoms with van der Waals surface area (Å²) >= 11 is 0. The third-order valence-corrected chi connectivity index (χ3v) is 4.70. The van der Waals surface area contributed by atoms with Gasteiger partial charge < -0.3 is 14.8 Å². The number of non-ortho nitro benzene ring substituents is 1. The zero-order valence-electron chi connectivity index (χ0n) is 13.1. The van der Waals surface area contributed by atoms with Crippen molar-refractivity contribution in [2.45, 2.75) is 17.9 Å². The Morgan fingerprint density at radius 2 is 1.92 bits per heavy atom. The van der Waals surface area contributed by atoms with Crippen molar-refractivity contribution in [3.8, 4) is 11.5 Å². The Labute approximate surface area is 143 Å². The minimum atomic E-state index is -4.14. The first kappa shape index (κ1) is 17.0. The number of primary sulfonamides is 1. The molecule has 3 rings (SSSR count). The van der Waals surface area contributed by atoms with Crippen LogP contribution in [0.5, 0.6) is 11.5 Å². The SMILES string of the molecule is CC(Nc1ccc([N+](=O)[O-])cc1S(N)(=O)=O)c1ccc2c(c1)OCO2. The Balaban J connectivity index is 1.93. The number of hydrogen-bond acceptors (Lipinski definition) is 7. The smallest absolute Gasteiger partial charge is 0.270 e. The molecule has 0 saturated heterocycles. The zero-order valence-corrected chi connectivity index (χ0v) is 13.9. The summed E-state index contributed by atoms with van der Waals surface area (Å²) in [5, 5.41) is 19.1. The largest absolute Gasteiger partial charge is 0.454 e. The first-order valence-electron chi connectivity index (χ1n) is 7.23. The van der Waals surface area contributed by atoms with Gasteiger partial charge in [-0.05, 0) is 30.7 Å². The standard InChI is InChI=1S/C15H15N3O6S/c1-9(10-2-5-13-14(6-10)24-8-23-13)17-12-4-3-11(18(19)20)7-15(12)25(16,21)22/h2-7,9,17H,8H2,1H3,(H2,16,21,22). The molecule has 1 unspecified atom stereocenters. The number of fused-ring (bicyclic) bond motifs is 1. The molecule has 0 spiro atoms. The first-order chi connectivity index (χ1) is 11.8. The molecule has 0 bridgehead atoms. The summed E-state index contributed by atoms with van der Waals surface area (Å²) < 4.78 is 34.1. The predicted molar refractivity (Wildman–Crippen MR) is 89.1 cm³/mol. The number of nitro benzene ring substituents is 1. The Kier molecular flexibility index (Phi) is 4.23. The molecule has 0 aliphatic carbocycles. The summed E-state index contributed by atoms with van der Waals surface area (Å²) in [6, 6.07) is 8.51. The number of rotatable bonds is 5. The molecular weight excluding hydrogens is 350 g/mol. The van der Waals surface area contributed by atoms with Gasteiger partial charge in [0.15, 0.2) is 11.5 Å². The van der Waals surface area contributed by atoms with Gasteiger partial charge in [-0.25, -0.2) is 13.6 Å². The minimum absolute atomic E-state index is 0.151. The van der Waals surface area contributed by atoms with Crippen molar-refractivity contribution in [3.05, 3.63) is 52.1 Å². The van der Waals surface area contributed by atoms with E-state index in [1.807, 2.05) is 13.0 Å². The molecule has 9 nitrogen and oxygen atoms in total. The minimum Gasteiger partial charge on any atom is -0.454 e. The first-order valence-corrected chi connectivity index (χ1v) is 8.77. The van der Waals surface area contributed by atoms with Crippen LogP contribution in [0.15, 0.2) is 41.3 Å². The number of hydrogen-bond donors (Lipinski definition) is 2. The molecule has 2 aromatic rings. The number of benzene rings is 2. The Hall–Kier alpha value is -2.85. The lowest BCUT2D eigenvalue weighted by Crippen LogP contribution is -2.16. The predicted octanol–water partition coefficient (Wildman–Crippen LogP) is 2.14. The topological polar surface area (TPSA) is 134 Å². The van der Waals surface area contributed by atoms with Crippen molar-refractivity contribution >= 4 is 21.4 Å². The molecule has 0 saturated carbocycles. The zero-order chi connectivity index (χ0) is 18.2. The fraction of sp³-hybridized carbons (Fsp3) is 0.200. The molecule has 132 valence electrons. The van der Waals surface area contributed by atoms with E-state index in [0.29, 0.717) is 11.5 Å². The molecule has 2 aromatic carbocycles. The van der Waals surface area contributed by atoms with E-state index in [4.69, 9.17) is 14.6 Å². The van der Waals surface area contributed by atoms with E-state index >= 15 is 0 Å². The highest BCUT2D eigenvalue weighted by Crippen LogP contribution is 2.35. The van der Waals surface area contributed by atoms with Crippen LogP contribution in [0.25, 0.3) is 0 Å². The number of anilines is 1. The van der Waals surface area contributed by atoms with Gasteiger partial charge in [-0.15, -0.1) is 0 Å². The highest BCUT2D eigenvalue weighted by Gasteiger charge is 2.21. The van der Waals surface area contributed by atoms with Gasteiger partial charge in [-0.1, -0.05) is 6.07 Å². The molecule has 0 aromatic heterocycles. The third kappa shape index (κ3) is 3.49. The van der Waals surface area contributed by atoms with E-state index in [9.17, 15) is 18.5 Å². The van der Waals surface area contributed by atoms with Gasteiger partial charge in [0.05, 0.1) is 10.6 Å². The van der Waals surface area contributed by atoms with Crippen LogP contribution in [0.1, 0.15) is 18.5 Å². The van der Waals surface area contributed by atoms with Crippen LogP contribution in [-0.4, -0.2) is 20.1 Å². The van der Waals surface area contributed by atoms with Gasteiger partial charge in [0.2, 0.25) is 16.8 Å². The van der Waals surface area contributed by atoms with Crippen molar-refractivity contribution in [3.63, 3.8) is 0 Å². The Morgan fingerprint density at radius 3 is 2.60 bits per heavy atom. The maximum atomic E-state index is 11.8. The van der Waals surface area contributed by atoms with Crippen LogP contribution < -0.4 is 19.9 Å². The molecule has 1 aliphatic heterocycles. The van der Waals surface area contributed by atoms with Crippen LogP contribution in [0, 0.1) is 10.1 Å². The Bertz CT molecular complexity index is 944. The summed E-state index contributed by atoms with van der Waals surface area (Å²) in [5.41, 5.74) is 0.645. The van der Waals surface area contributed by atoms with Gasteiger partial charge in [-0.3, -0.25) is 10.1 Å². The van der Waals surface area contributed by atoms with Crippen molar-refractivity contribution in [2.75, 3.05) is 12.1 Å². The van der Waals surface area contributed by atoms with E-state index < -0.39 is 14.9 Å². The molecule has 0 fully saturated rings. The average Bonchev–Trinajstić information content (AvgIpc) is 3.01. The number of ether oxygens (including phenoxy) is 2. The van der Waals surface area contributed by atoms with E-state index in [1.54, 1.807) is 12.1 Å². The van der Waals surface area contributed by atoms with Crippen molar-refractivity contribution < 1.29 is 22.8 Å². The lowest BCUT2D eigenvalue weighted by Gasteiger charge is -2.18. The summed E-state index contributed by atoms with van der Waals surface area (Å²) in [6.45, 7) is 1.96. The maximum Gasteiger partial charge on any atom is 0.270 e. The summed E-state index contributed by atoms with van der Waals surface area (Å²) in [5.74, 6) is 1.23. The summed E-state index contributed by atoms with van der Waals surface area (Å²) in [4.78, 5) is 9.85. The molecule has 0 amide bonds. The monoisotopic (exact) mass is 365 g/mol. The normalized spacial score (nSPS) is 14.2. The van der Waals surface area contributed by atoms with Crippen molar-refractivity contribution in [1.29, 1.82) is 0 Å². The van der Waals surface area contributed by atoms with Crippen LogP contribution in [0.3, 0.4) is 0 Å². The van der Waals surface area contributed by atoms with E-state index in [2.05, 4.69) is 5.32 Å². The fourth-order valence-electron chi connectivity index (χ4n) is 2.48. The molecular formula is C15H15N3O6S. The molecule has 0 radical (unpaired) electrons. The fourth-order valence-corrected chi connectivity index (χ4v) is 3.20. The van der Waals surface area contributed by atoms with Crippen LogP contribution in [-0.2, 0) is 10.0 Å². The van der Waals surface area contributed by atoms with E-state index in [-0.39, 0.29) is 29.1 Å². The molecule has 25 heavy (non-hydrogen) atoms. The number of nitro groups is 1. The van der Waals surface area contributed by atoms with Crippen LogP contribution in [0.2, 0.25) is 0 Å². The van der Waals surface area contributed by atoms with Gasteiger partial charge >= 0.3 is 0 Å². The molecule has 1 aliphatic rings. The van der Waals surface area contributed by atoms with Gasteiger partial charge in [0, 0.05) is 18.2 Å². The van der Waals surface area contributed by atoms with E-state index in [0.717, 1.165) is 11.6 Å². The summed E-state index contributed by atoms with van der Waals surface area (Å²) in [6.07, 6.45) is 0. The molecule has 1 atom stereocenters. The second kappa shape index (κ2) is 6.22. The highest BCUT2D eigenvalue weighted by molar-refractivity contribution is 7.89. The quantitative estimate of drug-likeness (QED) is 0.612. The highest BCUT2D eigenvalue weighted by atomic mass is 32.2. The van der Waals surface area contributed by atoms with Gasteiger partial charge in [0.1, 0.15) is 4.90 Å². The Morgan fingerprint density at radius 1 is 1.20 bits per heavy atom. The van der Waals surface area contributed by atoms with Crippen molar-refractivity contribution in [1.82, 2.24) is 0 Å². The third-order valence-electron chi connectivity index (χ3n) is 3.75. The van der Waals surface area contributed by atoms with Crippen LogP contribution >= 0.6 is 0 Å². The number of sulfonamides is 1. The molecule has 3 N–H and O–H groups in total. The van der Waals surface area contributed by atoms with E-state index in [1.165, 1.54) is 12.1 Å². The number of nitrogens with two attached hydrogens (primary N) is 1. The lowest BCUT2D eigenvalue weighted by atomic mass is 10.1. The number of nitrogens with one attached hydrogen (secondary N) is 1. The van der Waals surface area contributed by atoms with Gasteiger partial charge in [0.25, 0.3) is 5.69 Å². The molecule has 1 heterocycles. The van der Waals surface area contributed by atoms with Crippen LogP contribution in [0.4, 0.5) is 11.4 Å².